The lowest BCUT2D eigenvalue weighted by molar-refractivity contribution is -0.119. The highest BCUT2D eigenvalue weighted by molar-refractivity contribution is 7.09. The van der Waals surface area contributed by atoms with Crippen LogP contribution in [0.1, 0.15) is 17.7 Å². The summed E-state index contributed by atoms with van der Waals surface area (Å²) in [5.74, 6) is 0.176. The fraction of sp³-hybridized carbons (Fsp3) is 0.556. The third kappa shape index (κ3) is 2.52. The van der Waals surface area contributed by atoms with Crippen LogP contribution < -0.4 is 10.6 Å². The zero-order valence-electron chi connectivity index (χ0n) is 7.82. The zero-order chi connectivity index (χ0) is 9.80. The quantitative estimate of drug-likeness (QED) is 0.763. The normalized spacial score (nSPS) is 21.1. The summed E-state index contributed by atoms with van der Waals surface area (Å²) < 4.78 is 0. The summed E-state index contributed by atoms with van der Waals surface area (Å²) in [5.41, 5.74) is 1.83. The smallest absolute Gasteiger partial charge is 0.220 e. The molecule has 1 aromatic rings. The van der Waals surface area contributed by atoms with Crippen LogP contribution in [0.2, 0.25) is 0 Å². The molecule has 1 amide bonds. The maximum absolute atomic E-state index is 10.9. The van der Waals surface area contributed by atoms with Crippen LogP contribution in [0.15, 0.2) is 11.7 Å². The first kappa shape index (κ1) is 9.61. The molecular weight excluding hydrogens is 198 g/mol. The summed E-state index contributed by atoms with van der Waals surface area (Å²) in [4.78, 5) is 16.1. The SMILES string of the molecule is O=C1CCC(CNCc2cncs2)N1. The standard InChI is InChI=1S/C9H13N3OS/c13-9-2-1-7(12-9)3-10-4-8-5-11-6-14-8/h5-7,10H,1-4H2,(H,12,13). The molecule has 1 unspecified atom stereocenters. The van der Waals surface area contributed by atoms with E-state index in [1.54, 1.807) is 11.3 Å². The van der Waals surface area contributed by atoms with E-state index in [-0.39, 0.29) is 5.91 Å². The molecule has 0 bridgehead atoms. The van der Waals surface area contributed by atoms with E-state index < -0.39 is 0 Å². The van der Waals surface area contributed by atoms with Crippen molar-refractivity contribution in [2.45, 2.75) is 25.4 Å². The fourth-order valence-corrected chi connectivity index (χ4v) is 2.09. The first-order valence-electron chi connectivity index (χ1n) is 4.72. The monoisotopic (exact) mass is 211 g/mol. The van der Waals surface area contributed by atoms with Crippen LogP contribution in [0.4, 0.5) is 0 Å². The summed E-state index contributed by atoms with van der Waals surface area (Å²) in [6.07, 6.45) is 3.49. The lowest BCUT2D eigenvalue weighted by atomic mass is 10.2. The Kier molecular flexibility index (Phi) is 3.10. The molecule has 1 aromatic heterocycles. The van der Waals surface area contributed by atoms with E-state index in [2.05, 4.69) is 15.6 Å². The average molecular weight is 211 g/mol. The molecule has 1 aliphatic rings. The largest absolute Gasteiger partial charge is 0.352 e. The Morgan fingerprint density at radius 1 is 1.71 bits per heavy atom. The zero-order valence-corrected chi connectivity index (χ0v) is 8.64. The molecule has 4 nitrogen and oxygen atoms in total. The molecule has 2 rings (SSSR count). The summed E-state index contributed by atoms with van der Waals surface area (Å²) in [7, 11) is 0. The van der Waals surface area contributed by atoms with E-state index in [4.69, 9.17) is 0 Å². The van der Waals surface area contributed by atoms with Crippen molar-refractivity contribution in [1.82, 2.24) is 15.6 Å². The number of carbonyl (C=O) groups excluding carboxylic acids is 1. The molecule has 1 fully saturated rings. The minimum absolute atomic E-state index is 0.176. The number of amides is 1. The van der Waals surface area contributed by atoms with Gasteiger partial charge in [0.05, 0.1) is 5.51 Å². The molecule has 0 radical (unpaired) electrons. The van der Waals surface area contributed by atoms with Gasteiger partial charge in [-0.3, -0.25) is 9.78 Å². The Bertz CT molecular complexity index is 299. The van der Waals surface area contributed by atoms with E-state index in [0.29, 0.717) is 12.5 Å². The highest BCUT2D eigenvalue weighted by Crippen LogP contribution is 2.07. The van der Waals surface area contributed by atoms with Crippen LogP contribution in [0, 0.1) is 0 Å². The second-order valence-electron chi connectivity index (χ2n) is 3.40. The topological polar surface area (TPSA) is 54.0 Å². The lowest BCUT2D eigenvalue weighted by Gasteiger charge is -2.09. The van der Waals surface area contributed by atoms with Gasteiger partial charge in [-0.2, -0.15) is 0 Å². The lowest BCUT2D eigenvalue weighted by Crippen LogP contribution is -2.35. The van der Waals surface area contributed by atoms with Gasteiger partial charge in [-0.15, -0.1) is 11.3 Å². The van der Waals surface area contributed by atoms with Gasteiger partial charge >= 0.3 is 0 Å². The van der Waals surface area contributed by atoms with E-state index >= 15 is 0 Å². The summed E-state index contributed by atoms with van der Waals surface area (Å²) in [6, 6.07) is 0.315. The number of carbonyl (C=O) groups is 1. The van der Waals surface area contributed by atoms with Crippen molar-refractivity contribution >= 4 is 17.2 Å². The highest BCUT2D eigenvalue weighted by Gasteiger charge is 2.19. The van der Waals surface area contributed by atoms with Gasteiger partial charge < -0.3 is 10.6 Å². The second-order valence-corrected chi connectivity index (χ2v) is 4.37. The maximum atomic E-state index is 10.9. The minimum atomic E-state index is 0.176. The Morgan fingerprint density at radius 2 is 2.64 bits per heavy atom. The van der Waals surface area contributed by atoms with Crippen molar-refractivity contribution < 1.29 is 4.79 Å². The van der Waals surface area contributed by atoms with Crippen LogP contribution in [-0.2, 0) is 11.3 Å². The van der Waals surface area contributed by atoms with Crippen LogP contribution in [0.3, 0.4) is 0 Å². The number of aromatic nitrogens is 1. The second kappa shape index (κ2) is 4.52. The molecule has 2 N–H and O–H groups in total. The van der Waals surface area contributed by atoms with E-state index in [1.165, 1.54) is 4.88 Å². The predicted octanol–water partition coefficient (Wildman–Crippen LogP) is 0.511. The highest BCUT2D eigenvalue weighted by atomic mass is 32.1. The number of nitrogens with zero attached hydrogens (tertiary/aromatic N) is 1. The Balaban J connectivity index is 1.66. The first-order chi connectivity index (χ1) is 6.84. The average Bonchev–Trinajstić information content (AvgIpc) is 2.77. The van der Waals surface area contributed by atoms with E-state index in [9.17, 15) is 4.79 Å². The number of hydrogen-bond acceptors (Lipinski definition) is 4. The van der Waals surface area contributed by atoms with Crippen molar-refractivity contribution in [2.75, 3.05) is 6.54 Å². The van der Waals surface area contributed by atoms with Crippen molar-refractivity contribution in [2.24, 2.45) is 0 Å². The Hall–Kier alpha value is -0.940. The number of thiazole rings is 1. The molecule has 0 spiro atoms. The molecule has 14 heavy (non-hydrogen) atoms. The van der Waals surface area contributed by atoms with Gasteiger partial charge in [0.2, 0.25) is 5.91 Å². The fourth-order valence-electron chi connectivity index (χ4n) is 1.53. The predicted molar refractivity (Wildman–Crippen MR) is 55.0 cm³/mol. The Labute approximate surface area is 86.7 Å². The van der Waals surface area contributed by atoms with Gasteiger partial charge in [0.1, 0.15) is 0 Å². The molecular formula is C9H13N3OS. The van der Waals surface area contributed by atoms with Crippen LogP contribution in [0.25, 0.3) is 0 Å². The van der Waals surface area contributed by atoms with Gasteiger partial charge in [-0.1, -0.05) is 0 Å². The molecule has 0 aromatic carbocycles. The molecule has 0 saturated carbocycles. The first-order valence-corrected chi connectivity index (χ1v) is 5.60. The van der Waals surface area contributed by atoms with Crippen molar-refractivity contribution in [1.29, 1.82) is 0 Å². The van der Waals surface area contributed by atoms with Crippen LogP contribution in [-0.4, -0.2) is 23.5 Å². The van der Waals surface area contributed by atoms with Crippen molar-refractivity contribution in [3.8, 4) is 0 Å². The number of nitrogens with one attached hydrogen (secondary N) is 2. The molecule has 1 aliphatic heterocycles. The molecule has 1 saturated heterocycles. The minimum Gasteiger partial charge on any atom is -0.352 e. The maximum Gasteiger partial charge on any atom is 0.220 e. The number of rotatable bonds is 4. The molecule has 0 aliphatic carbocycles. The summed E-state index contributed by atoms with van der Waals surface area (Å²) in [5, 5.41) is 6.23. The van der Waals surface area contributed by atoms with Crippen molar-refractivity contribution in [3.63, 3.8) is 0 Å². The van der Waals surface area contributed by atoms with Crippen LogP contribution in [0.5, 0.6) is 0 Å². The third-order valence-corrected chi connectivity index (χ3v) is 3.04. The molecule has 2 heterocycles. The summed E-state index contributed by atoms with van der Waals surface area (Å²) in [6.45, 7) is 1.70. The van der Waals surface area contributed by atoms with E-state index in [0.717, 1.165) is 19.5 Å². The molecule has 5 heteroatoms. The number of hydrogen-bond donors (Lipinski definition) is 2. The van der Waals surface area contributed by atoms with Gasteiger partial charge in [0.25, 0.3) is 0 Å². The van der Waals surface area contributed by atoms with Gasteiger partial charge in [-0.25, -0.2) is 0 Å². The molecule has 1 atom stereocenters. The Morgan fingerprint density at radius 3 is 3.29 bits per heavy atom. The van der Waals surface area contributed by atoms with Gasteiger partial charge in [0, 0.05) is 36.6 Å². The third-order valence-electron chi connectivity index (χ3n) is 2.26. The van der Waals surface area contributed by atoms with E-state index in [1.807, 2.05) is 11.7 Å². The summed E-state index contributed by atoms with van der Waals surface area (Å²) >= 11 is 1.65. The van der Waals surface area contributed by atoms with Gasteiger partial charge in [-0.05, 0) is 6.42 Å². The van der Waals surface area contributed by atoms with Crippen molar-refractivity contribution in [3.05, 3.63) is 16.6 Å². The van der Waals surface area contributed by atoms with Gasteiger partial charge in [0.15, 0.2) is 0 Å². The molecule has 76 valence electrons. The van der Waals surface area contributed by atoms with Crippen LogP contribution >= 0.6 is 11.3 Å².